The fourth-order valence-electron chi connectivity index (χ4n) is 2.06. The van der Waals surface area contributed by atoms with Crippen LogP contribution in [-0.2, 0) is 18.3 Å². The third-order valence-electron chi connectivity index (χ3n) is 3.20. The average molecular weight is 260 g/mol. The molecular formula is C11H18ClN3O2. The van der Waals surface area contributed by atoms with Gasteiger partial charge in [0, 0.05) is 13.6 Å². The van der Waals surface area contributed by atoms with Crippen LogP contribution < -0.4 is 0 Å². The van der Waals surface area contributed by atoms with E-state index in [1.54, 1.807) is 6.20 Å². The van der Waals surface area contributed by atoms with E-state index in [0.29, 0.717) is 24.9 Å². The summed E-state index contributed by atoms with van der Waals surface area (Å²) in [5.41, 5.74) is -0.0935. The molecule has 96 valence electrons. The van der Waals surface area contributed by atoms with Crippen molar-refractivity contribution in [2.45, 2.75) is 6.54 Å². The lowest BCUT2D eigenvalue weighted by molar-refractivity contribution is -0.147. The van der Waals surface area contributed by atoms with E-state index in [1.165, 1.54) is 0 Å². The van der Waals surface area contributed by atoms with E-state index in [-0.39, 0.29) is 12.0 Å². The van der Waals surface area contributed by atoms with E-state index in [0.717, 1.165) is 12.4 Å². The third kappa shape index (κ3) is 2.63. The Labute approximate surface area is 106 Å². The van der Waals surface area contributed by atoms with Crippen LogP contribution in [0, 0.1) is 5.41 Å². The van der Waals surface area contributed by atoms with E-state index in [2.05, 4.69) is 9.88 Å². The molecular weight excluding hydrogens is 242 g/mol. The zero-order valence-corrected chi connectivity index (χ0v) is 10.9. The highest BCUT2D eigenvalue weighted by molar-refractivity contribution is 6.29. The van der Waals surface area contributed by atoms with Gasteiger partial charge in [0.2, 0.25) is 0 Å². The van der Waals surface area contributed by atoms with Gasteiger partial charge >= 0.3 is 0 Å². The zero-order chi connectivity index (χ0) is 12.5. The maximum atomic E-state index is 9.36. The Morgan fingerprint density at radius 3 is 2.76 bits per heavy atom. The van der Waals surface area contributed by atoms with Crippen LogP contribution in [-0.4, -0.2) is 53.0 Å². The van der Waals surface area contributed by atoms with Crippen molar-refractivity contribution < 1.29 is 9.84 Å². The number of hydrogen-bond acceptors (Lipinski definition) is 4. The summed E-state index contributed by atoms with van der Waals surface area (Å²) in [6.07, 6.45) is 1.65. The number of nitrogens with zero attached hydrogens (tertiary/aromatic N) is 3. The van der Waals surface area contributed by atoms with Crippen molar-refractivity contribution >= 4 is 11.6 Å². The van der Waals surface area contributed by atoms with Crippen molar-refractivity contribution in [3.63, 3.8) is 0 Å². The first-order valence-electron chi connectivity index (χ1n) is 5.59. The van der Waals surface area contributed by atoms with Crippen LogP contribution in [0.2, 0.25) is 5.15 Å². The minimum atomic E-state index is -0.0935. The van der Waals surface area contributed by atoms with Crippen LogP contribution >= 0.6 is 11.6 Å². The molecule has 17 heavy (non-hydrogen) atoms. The predicted molar refractivity (Wildman–Crippen MR) is 64.9 cm³/mol. The molecule has 0 aliphatic carbocycles. The molecule has 0 amide bonds. The van der Waals surface area contributed by atoms with E-state index < -0.39 is 0 Å². The minimum Gasteiger partial charge on any atom is -0.396 e. The van der Waals surface area contributed by atoms with E-state index >= 15 is 0 Å². The van der Waals surface area contributed by atoms with Crippen LogP contribution in [0.3, 0.4) is 0 Å². The van der Waals surface area contributed by atoms with E-state index in [1.807, 2.05) is 18.7 Å². The summed E-state index contributed by atoms with van der Waals surface area (Å²) in [6.45, 7) is 2.95. The fourth-order valence-corrected chi connectivity index (χ4v) is 2.21. The molecule has 0 atom stereocenters. The Balaban J connectivity index is 1.93. The lowest BCUT2D eigenvalue weighted by Gasteiger charge is -2.42. The molecule has 1 aromatic rings. The normalized spacial score (nSPS) is 18.4. The van der Waals surface area contributed by atoms with Crippen molar-refractivity contribution in [3.8, 4) is 0 Å². The molecule has 0 saturated carbocycles. The minimum absolute atomic E-state index is 0.0935. The summed E-state index contributed by atoms with van der Waals surface area (Å²) in [5.74, 6) is 0.922. The fraction of sp³-hybridized carbons (Fsp3) is 0.727. The van der Waals surface area contributed by atoms with Gasteiger partial charge in [-0.15, -0.1) is 0 Å². The summed E-state index contributed by atoms with van der Waals surface area (Å²) < 4.78 is 7.04. The molecule has 1 saturated heterocycles. The molecule has 0 bridgehead atoms. The first-order valence-corrected chi connectivity index (χ1v) is 5.97. The maximum Gasteiger partial charge on any atom is 0.128 e. The number of aliphatic hydroxyl groups excluding tert-OH is 1. The van der Waals surface area contributed by atoms with Gasteiger partial charge in [-0.1, -0.05) is 11.6 Å². The lowest BCUT2D eigenvalue weighted by Crippen LogP contribution is -2.52. The summed E-state index contributed by atoms with van der Waals surface area (Å²) >= 11 is 5.93. The summed E-state index contributed by atoms with van der Waals surface area (Å²) in [5, 5.41) is 10.00. The largest absolute Gasteiger partial charge is 0.396 e. The first-order chi connectivity index (χ1) is 8.06. The molecule has 2 rings (SSSR count). The highest BCUT2D eigenvalue weighted by atomic mass is 35.5. The summed E-state index contributed by atoms with van der Waals surface area (Å²) in [4.78, 5) is 6.39. The third-order valence-corrected chi connectivity index (χ3v) is 3.55. The van der Waals surface area contributed by atoms with Gasteiger partial charge in [0.15, 0.2) is 0 Å². The molecule has 0 aromatic carbocycles. The number of rotatable bonds is 5. The Kier molecular flexibility index (Phi) is 3.73. The summed E-state index contributed by atoms with van der Waals surface area (Å²) in [7, 11) is 3.91. The number of hydrogen-bond donors (Lipinski definition) is 1. The van der Waals surface area contributed by atoms with Gasteiger partial charge in [-0.05, 0) is 7.05 Å². The number of imidazole rings is 1. The highest BCUT2D eigenvalue weighted by Crippen LogP contribution is 2.27. The quantitative estimate of drug-likeness (QED) is 0.837. The Morgan fingerprint density at radius 1 is 1.65 bits per heavy atom. The standard InChI is InChI=1S/C11H18ClN3O2/c1-14(5-11(6-16)7-17-8-11)4-10-13-3-9(12)15(10)2/h3,16H,4-8H2,1-2H3. The van der Waals surface area contributed by atoms with Crippen molar-refractivity contribution in [1.82, 2.24) is 14.5 Å². The molecule has 0 spiro atoms. The van der Waals surface area contributed by atoms with Crippen molar-refractivity contribution in [2.75, 3.05) is 33.4 Å². The first kappa shape index (κ1) is 12.8. The molecule has 0 radical (unpaired) electrons. The van der Waals surface area contributed by atoms with E-state index in [9.17, 15) is 5.11 Å². The number of aliphatic hydroxyl groups is 1. The average Bonchev–Trinajstić information content (AvgIpc) is 2.55. The second kappa shape index (κ2) is 4.94. The Hall–Kier alpha value is -0.620. The SMILES string of the molecule is CN(Cc1ncc(Cl)n1C)CC1(CO)COC1. The lowest BCUT2D eigenvalue weighted by atomic mass is 9.86. The molecule has 5 nitrogen and oxygen atoms in total. The molecule has 1 aliphatic rings. The van der Waals surface area contributed by atoms with Crippen LogP contribution in [0.1, 0.15) is 5.82 Å². The monoisotopic (exact) mass is 259 g/mol. The molecule has 1 aromatic heterocycles. The molecule has 6 heteroatoms. The Bertz CT molecular complexity index is 385. The van der Waals surface area contributed by atoms with E-state index in [4.69, 9.17) is 16.3 Å². The smallest absolute Gasteiger partial charge is 0.128 e. The van der Waals surface area contributed by atoms with Crippen LogP contribution in [0.5, 0.6) is 0 Å². The Morgan fingerprint density at radius 2 is 2.35 bits per heavy atom. The van der Waals surface area contributed by atoms with Gasteiger partial charge in [-0.2, -0.15) is 0 Å². The topological polar surface area (TPSA) is 50.5 Å². The molecule has 1 fully saturated rings. The summed E-state index contributed by atoms with van der Waals surface area (Å²) in [6, 6.07) is 0. The van der Waals surface area contributed by atoms with Crippen LogP contribution in [0.15, 0.2) is 6.20 Å². The number of ether oxygens (including phenoxy) is 1. The predicted octanol–water partition coefficient (Wildman–Crippen LogP) is 0.514. The molecule has 1 N–H and O–H groups in total. The second-order valence-electron chi connectivity index (χ2n) is 4.88. The number of aromatic nitrogens is 2. The maximum absolute atomic E-state index is 9.36. The van der Waals surface area contributed by atoms with Gasteiger partial charge in [0.05, 0.1) is 38.0 Å². The van der Waals surface area contributed by atoms with Crippen LogP contribution in [0.25, 0.3) is 0 Å². The zero-order valence-electron chi connectivity index (χ0n) is 10.2. The highest BCUT2D eigenvalue weighted by Gasteiger charge is 2.39. The van der Waals surface area contributed by atoms with Gasteiger partial charge in [-0.25, -0.2) is 4.98 Å². The molecule has 2 heterocycles. The molecule has 0 unspecified atom stereocenters. The molecule has 1 aliphatic heterocycles. The van der Waals surface area contributed by atoms with Crippen molar-refractivity contribution in [1.29, 1.82) is 0 Å². The van der Waals surface area contributed by atoms with Gasteiger partial charge in [-0.3, -0.25) is 4.90 Å². The van der Waals surface area contributed by atoms with Crippen molar-refractivity contribution in [3.05, 3.63) is 17.2 Å². The van der Waals surface area contributed by atoms with Gasteiger partial charge in [0.25, 0.3) is 0 Å². The van der Waals surface area contributed by atoms with Crippen LogP contribution in [0.4, 0.5) is 0 Å². The van der Waals surface area contributed by atoms with Crippen molar-refractivity contribution in [2.24, 2.45) is 12.5 Å². The van der Waals surface area contributed by atoms with Gasteiger partial charge in [0.1, 0.15) is 11.0 Å². The number of halogens is 1. The second-order valence-corrected chi connectivity index (χ2v) is 5.27. The van der Waals surface area contributed by atoms with Gasteiger partial charge < -0.3 is 14.4 Å².